The van der Waals surface area contributed by atoms with E-state index < -0.39 is 10.1 Å². The van der Waals surface area contributed by atoms with E-state index >= 15 is 0 Å². The van der Waals surface area contributed by atoms with Gasteiger partial charge in [0.1, 0.15) is 10.6 Å². The van der Waals surface area contributed by atoms with Crippen molar-refractivity contribution in [3.05, 3.63) is 87.5 Å². The Bertz CT molecular complexity index is 1530. The summed E-state index contributed by atoms with van der Waals surface area (Å²) in [6.07, 6.45) is 3.59. The van der Waals surface area contributed by atoms with E-state index in [4.69, 9.17) is 9.47 Å². The van der Waals surface area contributed by atoms with Gasteiger partial charge in [0, 0.05) is 56.0 Å². The number of carbonyl (C=O) groups excluding carboxylic acids is 1. The zero-order chi connectivity index (χ0) is 29.1. The van der Waals surface area contributed by atoms with Gasteiger partial charge in [-0.3, -0.25) is 19.1 Å². The minimum atomic E-state index is -4.57. The van der Waals surface area contributed by atoms with Gasteiger partial charge < -0.3 is 14.6 Å². The van der Waals surface area contributed by atoms with E-state index in [1.807, 2.05) is 25.1 Å². The molecule has 0 radical (unpaired) electrons. The van der Waals surface area contributed by atoms with E-state index in [0.717, 1.165) is 13.1 Å². The Morgan fingerprint density at radius 1 is 0.902 bits per heavy atom. The third-order valence-electron chi connectivity index (χ3n) is 7.74. The first-order chi connectivity index (χ1) is 19.6. The largest absolute Gasteiger partial charge is 0.507 e. The highest BCUT2D eigenvalue weighted by molar-refractivity contribution is 7.86. The third kappa shape index (κ3) is 6.69. The average Bonchev–Trinajstić information content (AvgIpc) is 2.95. The third-order valence-corrected chi connectivity index (χ3v) is 8.65. The molecule has 5 rings (SSSR count). The second-order valence-electron chi connectivity index (χ2n) is 10.7. The number of ether oxygens (including phenoxy) is 2. The molecule has 41 heavy (non-hydrogen) atoms. The average molecular weight is 581 g/mol. The monoisotopic (exact) mass is 580 g/mol. The predicted molar refractivity (Wildman–Crippen MR) is 155 cm³/mol. The van der Waals surface area contributed by atoms with E-state index in [9.17, 15) is 22.9 Å². The van der Waals surface area contributed by atoms with Gasteiger partial charge in [-0.15, -0.1) is 0 Å². The Kier molecular flexibility index (Phi) is 8.88. The fraction of sp³-hybridized carbons (Fsp3) is 0.387. The number of rotatable bonds is 7. The quantitative estimate of drug-likeness (QED) is 0.476. The molecule has 0 aromatic heterocycles. The predicted octanol–water partition coefficient (Wildman–Crippen LogP) is 3.37. The number of hydrogen-bond donors (Lipinski definition) is 2. The minimum absolute atomic E-state index is 0.0578. The van der Waals surface area contributed by atoms with Gasteiger partial charge in [-0.2, -0.15) is 8.42 Å². The molecule has 0 unspecified atom stereocenters. The van der Waals surface area contributed by atoms with Crippen LogP contribution in [-0.4, -0.2) is 92.8 Å². The van der Waals surface area contributed by atoms with Gasteiger partial charge in [0.15, 0.2) is 5.78 Å². The van der Waals surface area contributed by atoms with Crippen molar-refractivity contribution in [3.63, 3.8) is 0 Å². The number of phenols is 1. The topological polar surface area (TPSA) is 117 Å². The second kappa shape index (κ2) is 12.4. The molecule has 2 N–H and O–H groups in total. The fourth-order valence-electron chi connectivity index (χ4n) is 5.60. The van der Waals surface area contributed by atoms with Crippen molar-refractivity contribution in [1.82, 2.24) is 9.80 Å². The standard InChI is InChI=1S/C31H36N2O7S/c1-21-15-23(17-25(30(21)34)19-32-7-11-39-12-8-32)29(27-5-3-4-6-28(27)41(36,37)38)24-16-22(2)31(35)26(18-24)20-33-9-13-40-14-10-33/h3-6,15-18,34H,7-14,19-20H2,1-2H3,(H,36,37,38)/b29-24-. The zero-order valence-electron chi connectivity index (χ0n) is 23.4. The highest BCUT2D eigenvalue weighted by atomic mass is 32.2. The molecule has 2 heterocycles. The number of allylic oxidation sites excluding steroid dienone is 4. The lowest BCUT2D eigenvalue weighted by molar-refractivity contribution is -0.112. The lowest BCUT2D eigenvalue weighted by Gasteiger charge is -2.29. The summed E-state index contributed by atoms with van der Waals surface area (Å²) in [4.78, 5) is 17.4. The van der Waals surface area contributed by atoms with Crippen LogP contribution >= 0.6 is 0 Å². The van der Waals surface area contributed by atoms with Gasteiger partial charge in [0.2, 0.25) is 0 Å². The van der Waals surface area contributed by atoms with Crippen LogP contribution in [0.5, 0.6) is 5.75 Å². The first kappa shape index (κ1) is 29.4. The SMILES string of the molecule is CC1=C/C(=C(\c2cc(C)c(O)c(CN3CCOCC3)c2)c2ccccc2S(=O)(=O)O)C=C(CN2CCOCC2)C1=O. The second-order valence-corrected chi connectivity index (χ2v) is 12.1. The molecule has 0 spiro atoms. The number of benzene rings is 2. The van der Waals surface area contributed by atoms with Crippen molar-refractivity contribution < 1.29 is 32.3 Å². The van der Waals surface area contributed by atoms with Crippen molar-refractivity contribution in [2.45, 2.75) is 25.3 Å². The molecule has 0 saturated carbocycles. The number of morpholine rings is 2. The molecule has 2 aliphatic heterocycles. The number of phenolic OH excluding ortho intramolecular Hbond substituents is 1. The summed E-state index contributed by atoms with van der Waals surface area (Å²) < 4.78 is 46.2. The Morgan fingerprint density at radius 3 is 2.15 bits per heavy atom. The molecule has 0 atom stereocenters. The van der Waals surface area contributed by atoms with Crippen LogP contribution < -0.4 is 0 Å². The Labute approximate surface area is 241 Å². The summed E-state index contributed by atoms with van der Waals surface area (Å²) in [7, 11) is -4.57. The van der Waals surface area contributed by atoms with Gasteiger partial charge >= 0.3 is 0 Å². The fourth-order valence-corrected chi connectivity index (χ4v) is 6.30. The number of nitrogens with zero attached hydrogens (tertiary/aromatic N) is 2. The smallest absolute Gasteiger partial charge is 0.295 e. The summed E-state index contributed by atoms with van der Waals surface area (Å²) in [6, 6.07) is 9.99. The van der Waals surface area contributed by atoms with Crippen LogP contribution in [0.15, 0.2) is 70.2 Å². The first-order valence-electron chi connectivity index (χ1n) is 13.8. The zero-order valence-corrected chi connectivity index (χ0v) is 24.2. The Morgan fingerprint density at radius 2 is 1.51 bits per heavy atom. The molecule has 1 aliphatic carbocycles. The van der Waals surface area contributed by atoms with E-state index in [1.54, 1.807) is 31.2 Å². The van der Waals surface area contributed by atoms with Crippen LogP contribution in [0.25, 0.3) is 5.57 Å². The number of aryl methyl sites for hydroxylation is 1. The molecular formula is C31H36N2O7S. The lowest BCUT2D eigenvalue weighted by Crippen LogP contribution is -2.38. The van der Waals surface area contributed by atoms with Gasteiger partial charge in [0.25, 0.3) is 10.1 Å². The normalized spacial score (nSPS) is 20.5. The van der Waals surface area contributed by atoms with Crippen LogP contribution in [0.2, 0.25) is 0 Å². The summed E-state index contributed by atoms with van der Waals surface area (Å²) >= 11 is 0. The molecule has 2 aromatic carbocycles. The maximum Gasteiger partial charge on any atom is 0.295 e. The molecule has 9 nitrogen and oxygen atoms in total. The molecular weight excluding hydrogens is 544 g/mol. The van der Waals surface area contributed by atoms with Crippen LogP contribution in [0, 0.1) is 6.92 Å². The number of aromatic hydroxyl groups is 1. The summed E-state index contributed by atoms with van der Waals surface area (Å²) in [6.45, 7) is 9.85. The van der Waals surface area contributed by atoms with Crippen molar-refractivity contribution in [1.29, 1.82) is 0 Å². The van der Waals surface area contributed by atoms with Gasteiger partial charge in [-0.1, -0.05) is 18.2 Å². The van der Waals surface area contributed by atoms with Gasteiger partial charge in [0.05, 0.1) is 26.4 Å². The van der Waals surface area contributed by atoms with Crippen molar-refractivity contribution >= 4 is 21.5 Å². The minimum Gasteiger partial charge on any atom is -0.507 e. The molecule has 0 amide bonds. The summed E-state index contributed by atoms with van der Waals surface area (Å²) in [5.74, 6) is 0.124. The lowest BCUT2D eigenvalue weighted by atomic mass is 9.85. The molecule has 2 aromatic rings. The van der Waals surface area contributed by atoms with E-state index in [2.05, 4.69) is 9.80 Å². The van der Waals surface area contributed by atoms with Crippen LogP contribution in [0.1, 0.15) is 29.2 Å². The van der Waals surface area contributed by atoms with Crippen LogP contribution in [0.4, 0.5) is 0 Å². The molecule has 10 heteroatoms. The van der Waals surface area contributed by atoms with Crippen molar-refractivity contribution in [2.75, 3.05) is 59.2 Å². The van der Waals surface area contributed by atoms with Crippen LogP contribution in [0.3, 0.4) is 0 Å². The first-order valence-corrected chi connectivity index (χ1v) is 15.2. The van der Waals surface area contributed by atoms with E-state index in [-0.39, 0.29) is 16.4 Å². The highest BCUT2D eigenvalue weighted by Crippen LogP contribution is 2.38. The van der Waals surface area contributed by atoms with E-state index in [1.165, 1.54) is 6.07 Å². The highest BCUT2D eigenvalue weighted by Gasteiger charge is 2.26. The molecule has 218 valence electrons. The number of hydrogen-bond acceptors (Lipinski definition) is 8. The Balaban J connectivity index is 1.71. The van der Waals surface area contributed by atoms with Gasteiger partial charge in [-0.05, 0) is 72.0 Å². The van der Waals surface area contributed by atoms with Crippen molar-refractivity contribution in [2.24, 2.45) is 0 Å². The Hall–Kier alpha value is -3.12. The molecule has 0 bridgehead atoms. The van der Waals surface area contributed by atoms with Crippen LogP contribution in [-0.2, 0) is 30.9 Å². The molecule has 3 aliphatic rings. The van der Waals surface area contributed by atoms with Gasteiger partial charge in [-0.25, -0.2) is 0 Å². The number of Topliss-reactive ketones (excluding diaryl/α,β-unsaturated/α-hetero) is 1. The maximum atomic E-state index is 13.2. The molecule has 2 saturated heterocycles. The van der Waals surface area contributed by atoms with Crippen molar-refractivity contribution in [3.8, 4) is 5.75 Å². The summed E-state index contributed by atoms with van der Waals surface area (Å²) in [5, 5.41) is 11.0. The van der Waals surface area contributed by atoms with E-state index in [0.29, 0.717) is 97.2 Å². The maximum absolute atomic E-state index is 13.2. The number of ketones is 1. The molecule has 2 fully saturated rings. The summed E-state index contributed by atoms with van der Waals surface area (Å²) in [5.41, 5.74) is 4.68. The number of carbonyl (C=O) groups is 1.